The molecule has 0 atom stereocenters. The maximum atomic E-state index is 13.3. The van der Waals surface area contributed by atoms with Crippen LogP contribution in [0.15, 0.2) is 176 Å². The molecule has 0 spiro atoms. The lowest BCUT2D eigenvalue weighted by Gasteiger charge is -2.25. The molecule has 2 fully saturated rings. The van der Waals surface area contributed by atoms with Crippen LogP contribution in [0.1, 0.15) is 161 Å². The number of esters is 8. The Hall–Kier alpha value is -12.1. The SMILES string of the molecule is C=CC(=O)OCCCCCCOC(=O)c1ccc(OC)cc1.C=CC(=O)OCCCCCCOc1ccc(OC)cc1.C=CC(=O)OCCCCOc1ccc(OC)cc1.C=CC(=O)OCOC(=O)c1ccc(OC)cc1.CC(=O)C1CCC(C(=O)Oc2ccc(OC(=O)C3CCC(C(C)=O)CC3)c3sc(-c4cc5c(C)c(Cl)c(C)cc5o4)nc23)CC1. The first-order chi connectivity index (χ1) is 58.8. The quantitative estimate of drug-likeness (QED) is 0.00860. The fourth-order valence-corrected chi connectivity index (χ4v) is 13.5. The number of hydrogen-bond acceptors (Lipinski definition) is 27. The van der Waals surface area contributed by atoms with Crippen LogP contribution in [0.25, 0.3) is 32.0 Å². The Kier molecular flexibility index (Phi) is 43.9. The number of rotatable bonds is 40. The van der Waals surface area contributed by atoms with Crippen LogP contribution in [0.5, 0.6) is 46.0 Å². The molecule has 0 radical (unpaired) electrons. The van der Waals surface area contributed by atoms with Gasteiger partial charge in [0.2, 0.25) is 6.79 Å². The van der Waals surface area contributed by atoms with Crippen molar-refractivity contribution in [3.8, 4) is 56.8 Å². The van der Waals surface area contributed by atoms with Crippen molar-refractivity contribution in [1.82, 2.24) is 4.98 Å². The van der Waals surface area contributed by atoms with Crippen LogP contribution in [-0.2, 0) is 66.8 Å². The molecule has 2 heterocycles. The van der Waals surface area contributed by atoms with Crippen LogP contribution in [0.2, 0.25) is 5.02 Å². The van der Waals surface area contributed by atoms with Gasteiger partial charge in [0.1, 0.15) is 61.9 Å². The van der Waals surface area contributed by atoms with E-state index in [0.717, 1.165) is 122 Å². The van der Waals surface area contributed by atoms with Crippen molar-refractivity contribution in [1.29, 1.82) is 0 Å². The predicted octanol–water partition coefficient (Wildman–Crippen LogP) is 19.2. The van der Waals surface area contributed by atoms with Gasteiger partial charge in [-0.15, -0.1) is 11.3 Å². The highest BCUT2D eigenvalue weighted by Gasteiger charge is 2.33. The zero-order chi connectivity index (χ0) is 88.7. The van der Waals surface area contributed by atoms with Crippen LogP contribution in [-0.4, -0.2) is 139 Å². The summed E-state index contributed by atoms with van der Waals surface area (Å²) >= 11 is 7.80. The van der Waals surface area contributed by atoms with Crippen LogP contribution in [0, 0.1) is 37.5 Å². The minimum Gasteiger partial charge on any atom is -0.497 e. The van der Waals surface area contributed by atoms with Crippen LogP contribution in [0.3, 0.4) is 0 Å². The highest BCUT2D eigenvalue weighted by Crippen LogP contribution is 2.44. The van der Waals surface area contributed by atoms with Gasteiger partial charge in [0.25, 0.3) is 0 Å². The van der Waals surface area contributed by atoms with Crippen LogP contribution < -0.4 is 37.9 Å². The Morgan fingerprint density at radius 2 is 0.770 bits per heavy atom. The summed E-state index contributed by atoms with van der Waals surface area (Å²) in [5.41, 5.74) is 3.76. The summed E-state index contributed by atoms with van der Waals surface area (Å²) < 4.78 is 78.9. The normalized spacial score (nSPS) is 14.2. The van der Waals surface area contributed by atoms with E-state index in [1.807, 2.05) is 74.5 Å². The second-order valence-electron chi connectivity index (χ2n) is 28.1. The van der Waals surface area contributed by atoms with Gasteiger partial charge in [-0.25, -0.2) is 33.8 Å². The van der Waals surface area contributed by atoms with Crippen LogP contribution in [0.4, 0.5) is 0 Å². The van der Waals surface area contributed by atoms with Crippen molar-refractivity contribution in [2.24, 2.45) is 23.7 Å². The number of Topliss-reactive ketones (excluding diaryl/α,β-unsaturated/α-hetero) is 2. The van der Waals surface area contributed by atoms with Gasteiger partial charge in [-0.2, -0.15) is 0 Å². The monoisotopic (exact) mass is 1720 g/mol. The molecule has 2 saturated carbocycles. The Morgan fingerprint density at radius 3 is 1.18 bits per heavy atom. The van der Waals surface area contributed by atoms with Gasteiger partial charge in [0, 0.05) is 46.5 Å². The molecule has 10 rings (SSSR count). The van der Waals surface area contributed by atoms with E-state index >= 15 is 0 Å². The van der Waals surface area contributed by atoms with E-state index in [9.17, 15) is 47.9 Å². The molecule has 2 aromatic heterocycles. The molecular weight excluding hydrogens is 1610 g/mol. The third kappa shape index (κ3) is 34.2. The number of halogens is 1. The number of thiazole rings is 1. The lowest BCUT2D eigenvalue weighted by atomic mass is 9.80. The average molecular weight is 1720 g/mol. The van der Waals surface area contributed by atoms with E-state index in [-0.39, 0.29) is 70.8 Å². The number of aryl methyl sites for hydroxylation is 2. The highest BCUT2D eigenvalue weighted by atomic mass is 35.5. The Balaban J connectivity index is 0.000000254. The minimum absolute atomic E-state index is 0.000509. The number of ketones is 2. The zero-order valence-corrected chi connectivity index (χ0v) is 72.2. The summed E-state index contributed by atoms with van der Waals surface area (Å²) in [7, 11) is 6.37. The summed E-state index contributed by atoms with van der Waals surface area (Å²) in [6.07, 6.45) is 18.5. The Morgan fingerprint density at radius 1 is 0.426 bits per heavy atom. The molecule has 654 valence electrons. The lowest BCUT2D eigenvalue weighted by Crippen LogP contribution is -2.28. The second-order valence-corrected chi connectivity index (χ2v) is 29.5. The van der Waals surface area contributed by atoms with Crippen molar-refractivity contribution in [2.45, 2.75) is 143 Å². The van der Waals surface area contributed by atoms with E-state index in [1.54, 1.807) is 95.8 Å². The molecule has 6 aromatic carbocycles. The number of methoxy groups -OCH3 is 4. The van der Waals surface area contributed by atoms with E-state index in [1.165, 1.54) is 24.5 Å². The standard InChI is InChI=1S/C35H36ClNO7S.C17H22O5.C16H22O4.C14H18O4.C12H12O5/c1-17-15-28-25(18(2)30(17)36)16-29(42-28)33-37-31-26(43-34(40)23-9-5-21(6-10-23)19(3)38)13-14-27(32(31)45-33)44-35(41)24-11-7-22(8-12-24)20(4)39;1-3-16(18)21-12-6-4-5-7-13-22-17(19)14-8-10-15(20-2)11-9-14;1-3-16(17)20-13-7-5-4-6-12-19-15-10-8-14(18-2)9-11-15;1-3-14(15)18-11-5-4-10-17-13-8-6-12(16-2)7-9-13;1-3-11(13)16-8-17-12(14)9-4-6-10(15-2)7-5-9/h13-16,21-24H,5-12H2,1-4H3;3,8-11H,1,4-7,12-13H2,2H3;3,8-11H,1,4-7,12-13H2,2H3;3,6-9H,1,4-5,10-11H2,2H3;3-7H,1,8H2,2H3. The number of benzene rings is 6. The molecular formula is C94H110ClNO25S. The third-order valence-electron chi connectivity index (χ3n) is 19.5. The Bertz CT molecular complexity index is 4640. The van der Waals surface area contributed by atoms with Gasteiger partial charge in [0.05, 0.1) is 91.0 Å². The largest absolute Gasteiger partial charge is 0.497 e. The van der Waals surface area contributed by atoms with Crippen LogP contribution >= 0.6 is 22.9 Å². The first-order valence-corrected chi connectivity index (χ1v) is 41.5. The molecule has 8 aromatic rings. The number of aromatic nitrogens is 1. The molecule has 0 N–H and O–H groups in total. The number of furan rings is 1. The number of hydrogen-bond donors (Lipinski definition) is 0. The van der Waals surface area contributed by atoms with Crippen molar-refractivity contribution >= 4 is 103 Å². The maximum Gasteiger partial charge on any atom is 0.341 e. The molecule has 26 nitrogen and oxygen atoms in total. The number of carbonyl (C=O) groups is 10. The topological polar surface area (TPSA) is 326 Å². The van der Waals surface area contributed by atoms with E-state index < -0.39 is 24.7 Å². The summed E-state index contributed by atoms with van der Waals surface area (Å²) in [5, 5.41) is 2.09. The van der Waals surface area contributed by atoms with Crippen molar-refractivity contribution < 1.29 is 119 Å². The summed E-state index contributed by atoms with van der Waals surface area (Å²) in [6, 6.07) is 35.2. The van der Waals surface area contributed by atoms with Gasteiger partial charge in [-0.1, -0.05) is 37.9 Å². The first-order valence-electron chi connectivity index (χ1n) is 40.3. The van der Waals surface area contributed by atoms with Gasteiger partial charge in [0.15, 0.2) is 22.3 Å². The summed E-state index contributed by atoms with van der Waals surface area (Å²) in [5.74, 6) is 2.10. The van der Waals surface area contributed by atoms with E-state index in [4.69, 9.17) is 82.6 Å². The second kappa shape index (κ2) is 54.2. The van der Waals surface area contributed by atoms with E-state index in [0.29, 0.717) is 151 Å². The average Bonchev–Trinajstić information content (AvgIpc) is 1.61. The molecule has 2 aliphatic carbocycles. The molecule has 0 bridgehead atoms. The number of ether oxygens (including phenoxy) is 14. The molecule has 0 unspecified atom stereocenters. The number of carbonyl (C=O) groups excluding carboxylic acids is 10. The number of fused-ring (bicyclic) bond motifs is 2. The van der Waals surface area contributed by atoms with Gasteiger partial charge >= 0.3 is 47.8 Å². The molecule has 0 saturated heterocycles. The maximum absolute atomic E-state index is 13.3. The zero-order valence-electron chi connectivity index (χ0n) is 70.6. The highest BCUT2D eigenvalue weighted by molar-refractivity contribution is 7.22. The predicted molar refractivity (Wildman–Crippen MR) is 462 cm³/mol. The third-order valence-corrected chi connectivity index (χ3v) is 21.2. The van der Waals surface area contributed by atoms with Gasteiger partial charge in [-0.05, 0) is 276 Å². The molecule has 0 amide bonds. The lowest BCUT2D eigenvalue weighted by molar-refractivity contribution is -0.146. The first kappa shape index (κ1) is 98.7. The molecule has 0 aliphatic heterocycles. The fraction of sp³-hybridized carbons (Fsp3) is 0.394. The molecule has 122 heavy (non-hydrogen) atoms. The van der Waals surface area contributed by atoms with Crippen molar-refractivity contribution in [3.63, 3.8) is 0 Å². The summed E-state index contributed by atoms with van der Waals surface area (Å²) in [6.45, 7) is 22.8. The number of nitrogens with zero attached hydrogens (tertiary/aromatic N) is 1. The fourth-order valence-electron chi connectivity index (χ4n) is 12.4. The van der Waals surface area contributed by atoms with Gasteiger partial charge < -0.3 is 70.7 Å². The van der Waals surface area contributed by atoms with Gasteiger partial charge in [-0.3, -0.25) is 19.2 Å². The van der Waals surface area contributed by atoms with Crippen molar-refractivity contribution in [2.75, 3.05) is 74.9 Å². The summed E-state index contributed by atoms with van der Waals surface area (Å²) in [4.78, 5) is 121. The van der Waals surface area contributed by atoms with Crippen molar-refractivity contribution in [3.05, 3.63) is 199 Å². The molecule has 28 heteroatoms. The number of unbranched alkanes of at least 4 members (excludes halogenated alkanes) is 7. The molecule has 2 aliphatic rings. The minimum atomic E-state index is -0.646. The Labute approximate surface area is 721 Å². The van der Waals surface area contributed by atoms with E-state index in [2.05, 4.69) is 31.1 Å². The smallest absolute Gasteiger partial charge is 0.341 e.